The van der Waals surface area contributed by atoms with Gasteiger partial charge in [0, 0.05) is 19.0 Å². The van der Waals surface area contributed by atoms with Crippen molar-refractivity contribution in [2.45, 2.75) is 12.5 Å². The van der Waals surface area contributed by atoms with Crippen LogP contribution in [0.2, 0.25) is 0 Å². The van der Waals surface area contributed by atoms with Crippen LogP contribution in [0.25, 0.3) is 0 Å². The maximum Gasteiger partial charge on any atom is 0.330 e. The molecule has 22 heavy (non-hydrogen) atoms. The molecule has 118 valence electrons. The molecule has 1 unspecified atom stereocenters. The molecular formula is C15H19N3O4. The number of hydrogen-bond acceptors (Lipinski definition) is 4. The van der Waals surface area contributed by atoms with Gasteiger partial charge in [-0.25, -0.2) is 9.59 Å². The van der Waals surface area contributed by atoms with Crippen LogP contribution in [0, 0.1) is 0 Å². The number of urea groups is 1. The average molecular weight is 305 g/mol. The zero-order valence-corrected chi connectivity index (χ0v) is 12.2. The lowest BCUT2D eigenvalue weighted by Crippen LogP contribution is -2.49. The molecule has 0 aromatic heterocycles. The van der Waals surface area contributed by atoms with Gasteiger partial charge in [0.2, 0.25) is 5.91 Å². The number of benzene rings is 1. The van der Waals surface area contributed by atoms with E-state index < -0.39 is 23.9 Å². The Balaban J connectivity index is 2.59. The number of carbonyl (C=O) groups is 3. The molecule has 7 heteroatoms. The Labute approximate surface area is 128 Å². The largest absolute Gasteiger partial charge is 0.466 e. The summed E-state index contributed by atoms with van der Waals surface area (Å²) in [5, 5.41) is 4.98. The molecule has 7 nitrogen and oxygen atoms in total. The number of hydrogen-bond donors (Lipinski definition) is 3. The van der Waals surface area contributed by atoms with E-state index in [-0.39, 0.29) is 6.54 Å². The lowest BCUT2D eigenvalue weighted by atomic mass is 10.1. The van der Waals surface area contributed by atoms with E-state index in [1.165, 1.54) is 19.3 Å². The van der Waals surface area contributed by atoms with Crippen molar-refractivity contribution in [3.05, 3.63) is 48.0 Å². The maximum atomic E-state index is 12.1. The van der Waals surface area contributed by atoms with Crippen LogP contribution in [0.1, 0.15) is 5.56 Å². The zero-order chi connectivity index (χ0) is 16.4. The average Bonchev–Trinajstić information content (AvgIpc) is 2.51. The second-order valence-corrected chi connectivity index (χ2v) is 4.42. The van der Waals surface area contributed by atoms with Gasteiger partial charge < -0.3 is 21.1 Å². The van der Waals surface area contributed by atoms with Gasteiger partial charge in [-0.2, -0.15) is 0 Å². The van der Waals surface area contributed by atoms with Crippen molar-refractivity contribution in [1.82, 2.24) is 10.6 Å². The Morgan fingerprint density at radius 3 is 2.55 bits per heavy atom. The van der Waals surface area contributed by atoms with Crippen LogP contribution in [0.3, 0.4) is 0 Å². The molecule has 3 amide bonds. The second kappa shape index (κ2) is 9.17. The number of primary amides is 1. The summed E-state index contributed by atoms with van der Waals surface area (Å²) in [7, 11) is 1.26. The molecule has 0 saturated carbocycles. The highest BCUT2D eigenvalue weighted by molar-refractivity contribution is 5.87. The first kappa shape index (κ1) is 17.2. The molecule has 4 N–H and O–H groups in total. The van der Waals surface area contributed by atoms with E-state index in [4.69, 9.17) is 5.73 Å². The molecule has 1 rings (SSSR count). The van der Waals surface area contributed by atoms with Crippen molar-refractivity contribution in [2.24, 2.45) is 5.73 Å². The van der Waals surface area contributed by atoms with Gasteiger partial charge in [0.25, 0.3) is 0 Å². The van der Waals surface area contributed by atoms with Crippen LogP contribution in [0.4, 0.5) is 4.79 Å². The molecule has 1 aromatic rings. The summed E-state index contributed by atoms with van der Waals surface area (Å²) in [5.41, 5.74) is 5.98. The summed E-state index contributed by atoms with van der Waals surface area (Å²) in [6, 6.07) is 7.67. The topological polar surface area (TPSA) is 111 Å². The van der Waals surface area contributed by atoms with E-state index in [1.807, 2.05) is 30.3 Å². The van der Waals surface area contributed by atoms with Gasteiger partial charge >= 0.3 is 12.0 Å². The highest BCUT2D eigenvalue weighted by atomic mass is 16.5. The second-order valence-electron chi connectivity index (χ2n) is 4.42. The van der Waals surface area contributed by atoms with Gasteiger partial charge in [0.15, 0.2) is 0 Å². The summed E-state index contributed by atoms with van der Waals surface area (Å²) < 4.78 is 4.42. The van der Waals surface area contributed by atoms with Crippen LogP contribution in [-0.4, -0.2) is 37.6 Å². The Morgan fingerprint density at radius 2 is 1.95 bits per heavy atom. The summed E-state index contributed by atoms with van der Waals surface area (Å²) >= 11 is 0. The van der Waals surface area contributed by atoms with E-state index in [0.29, 0.717) is 6.42 Å². The van der Waals surface area contributed by atoms with E-state index in [0.717, 1.165) is 5.56 Å². The fourth-order valence-corrected chi connectivity index (χ4v) is 1.74. The van der Waals surface area contributed by atoms with Gasteiger partial charge in [-0.3, -0.25) is 4.79 Å². The maximum absolute atomic E-state index is 12.1. The molecule has 0 fully saturated rings. The Morgan fingerprint density at radius 1 is 1.27 bits per heavy atom. The highest BCUT2D eigenvalue weighted by Crippen LogP contribution is 2.03. The summed E-state index contributed by atoms with van der Waals surface area (Å²) in [6.07, 6.45) is 2.97. The quantitative estimate of drug-likeness (QED) is 0.490. The monoisotopic (exact) mass is 305 g/mol. The highest BCUT2D eigenvalue weighted by Gasteiger charge is 2.19. The third-order valence-corrected chi connectivity index (χ3v) is 2.76. The first-order chi connectivity index (χ1) is 10.5. The number of nitrogens with one attached hydrogen (secondary N) is 2. The number of amides is 3. The number of nitrogens with two attached hydrogens (primary N) is 1. The minimum Gasteiger partial charge on any atom is -0.466 e. The Kier molecular flexibility index (Phi) is 7.18. The van der Waals surface area contributed by atoms with Crippen LogP contribution in [0.15, 0.2) is 42.5 Å². The minimum absolute atomic E-state index is 0.139. The van der Waals surface area contributed by atoms with Crippen LogP contribution < -0.4 is 16.4 Å². The minimum atomic E-state index is -0.786. The van der Waals surface area contributed by atoms with E-state index in [2.05, 4.69) is 15.4 Å². The van der Waals surface area contributed by atoms with Crippen molar-refractivity contribution in [3.63, 3.8) is 0 Å². The first-order valence-electron chi connectivity index (χ1n) is 6.65. The fourth-order valence-electron chi connectivity index (χ4n) is 1.74. The Hall–Kier alpha value is -2.83. The molecule has 1 atom stereocenters. The summed E-state index contributed by atoms with van der Waals surface area (Å²) in [6.45, 7) is 0.139. The summed E-state index contributed by atoms with van der Waals surface area (Å²) in [4.78, 5) is 34.0. The van der Waals surface area contributed by atoms with Gasteiger partial charge in [0.05, 0.1) is 7.11 Å². The van der Waals surface area contributed by atoms with Crippen molar-refractivity contribution < 1.29 is 19.1 Å². The Bertz CT molecular complexity index is 543. The van der Waals surface area contributed by atoms with Gasteiger partial charge in [0.1, 0.15) is 6.04 Å². The van der Waals surface area contributed by atoms with E-state index in [1.54, 1.807) is 0 Å². The number of carbonyl (C=O) groups excluding carboxylic acids is 3. The van der Waals surface area contributed by atoms with Crippen LogP contribution in [-0.2, 0) is 20.7 Å². The van der Waals surface area contributed by atoms with Crippen molar-refractivity contribution in [2.75, 3.05) is 13.7 Å². The molecule has 0 saturated heterocycles. The third kappa shape index (κ3) is 6.56. The fraction of sp³-hybridized carbons (Fsp3) is 0.267. The number of ether oxygens (including phenoxy) is 1. The molecular weight excluding hydrogens is 286 g/mol. The standard InChI is InChI=1S/C15H19N3O4/c1-22-13(19)8-5-9-17-14(20)12(18-15(16)21)10-11-6-3-2-4-7-11/h2-8,12H,9-10H2,1H3,(H,17,20)(H3,16,18,21)/b8-5+. The molecule has 0 aliphatic heterocycles. The number of rotatable bonds is 7. The lowest BCUT2D eigenvalue weighted by Gasteiger charge is -2.16. The molecule has 0 aliphatic rings. The molecule has 0 aliphatic carbocycles. The van der Waals surface area contributed by atoms with Crippen molar-refractivity contribution in [1.29, 1.82) is 0 Å². The summed E-state index contributed by atoms with van der Waals surface area (Å²) in [5.74, 6) is -0.900. The zero-order valence-electron chi connectivity index (χ0n) is 12.2. The van der Waals surface area contributed by atoms with Crippen LogP contribution >= 0.6 is 0 Å². The lowest BCUT2D eigenvalue weighted by molar-refractivity contribution is -0.134. The predicted molar refractivity (Wildman–Crippen MR) is 80.8 cm³/mol. The number of esters is 1. The van der Waals surface area contributed by atoms with Crippen molar-refractivity contribution in [3.8, 4) is 0 Å². The molecule has 1 aromatic carbocycles. The SMILES string of the molecule is COC(=O)/C=C/CNC(=O)C(Cc1ccccc1)NC(N)=O. The molecule has 0 radical (unpaired) electrons. The molecule has 0 spiro atoms. The number of methoxy groups -OCH3 is 1. The third-order valence-electron chi connectivity index (χ3n) is 2.76. The first-order valence-corrected chi connectivity index (χ1v) is 6.65. The smallest absolute Gasteiger partial charge is 0.330 e. The van der Waals surface area contributed by atoms with E-state index >= 15 is 0 Å². The predicted octanol–water partition coefficient (Wildman–Crippen LogP) is 0.111. The van der Waals surface area contributed by atoms with Gasteiger partial charge in [-0.1, -0.05) is 36.4 Å². The van der Waals surface area contributed by atoms with Crippen molar-refractivity contribution >= 4 is 17.9 Å². The molecule has 0 heterocycles. The molecule has 0 bridgehead atoms. The van der Waals surface area contributed by atoms with Crippen LogP contribution in [0.5, 0.6) is 0 Å². The normalized spacial score (nSPS) is 11.7. The van der Waals surface area contributed by atoms with Gasteiger partial charge in [-0.15, -0.1) is 0 Å². The van der Waals surface area contributed by atoms with Gasteiger partial charge in [-0.05, 0) is 5.56 Å². The van der Waals surface area contributed by atoms with E-state index in [9.17, 15) is 14.4 Å².